The molecule has 21 heavy (non-hydrogen) atoms. The zero-order chi connectivity index (χ0) is 15.6. The van der Waals surface area contributed by atoms with Gasteiger partial charge in [-0.3, -0.25) is 0 Å². The summed E-state index contributed by atoms with van der Waals surface area (Å²) in [6, 6.07) is 4.69. The first-order valence-corrected chi connectivity index (χ1v) is 6.62. The molecule has 0 saturated carbocycles. The van der Waals surface area contributed by atoms with E-state index in [0.717, 1.165) is 0 Å². The van der Waals surface area contributed by atoms with E-state index in [2.05, 4.69) is 4.74 Å². The molecule has 116 valence electrons. The number of hydrogen-bond donors (Lipinski definition) is 1. The largest absolute Gasteiger partial charge is 0.465 e. The maximum Gasteiger partial charge on any atom is 0.391 e. The van der Waals surface area contributed by atoms with Crippen LogP contribution in [0.4, 0.5) is 24.5 Å². The van der Waals surface area contributed by atoms with E-state index in [1.807, 2.05) is 4.90 Å². The van der Waals surface area contributed by atoms with Crippen molar-refractivity contribution in [2.45, 2.75) is 19.0 Å². The van der Waals surface area contributed by atoms with Gasteiger partial charge in [0, 0.05) is 13.1 Å². The fourth-order valence-corrected chi connectivity index (χ4v) is 2.54. The average molecular weight is 302 g/mol. The number of ether oxygens (including phenoxy) is 1. The van der Waals surface area contributed by atoms with Crippen LogP contribution in [-0.4, -0.2) is 32.3 Å². The molecule has 0 spiro atoms. The molecule has 0 aromatic heterocycles. The second-order valence-corrected chi connectivity index (χ2v) is 5.07. The number of carbonyl (C=O) groups is 1. The molecule has 1 aromatic rings. The van der Waals surface area contributed by atoms with Crippen molar-refractivity contribution < 1.29 is 22.7 Å². The lowest BCUT2D eigenvalue weighted by atomic mass is 9.95. The highest BCUT2D eigenvalue weighted by atomic mass is 19.4. The van der Waals surface area contributed by atoms with Crippen LogP contribution in [0.5, 0.6) is 0 Å². The monoisotopic (exact) mass is 302 g/mol. The molecule has 0 atom stereocenters. The minimum Gasteiger partial charge on any atom is -0.465 e. The number of anilines is 2. The summed E-state index contributed by atoms with van der Waals surface area (Å²) in [6.45, 7) is 0.595. The minimum atomic E-state index is -4.13. The molecule has 0 unspecified atom stereocenters. The highest BCUT2D eigenvalue weighted by Crippen LogP contribution is 2.36. The standard InChI is InChI=1S/C14H17F3N2O2/c1-21-13(20)9-2-3-12(11(18)8-9)19-6-4-10(5-7-19)14(15,16)17/h2-3,8,10H,4-7,18H2,1H3. The summed E-state index contributed by atoms with van der Waals surface area (Å²) in [6.07, 6.45) is -4.02. The van der Waals surface area contributed by atoms with E-state index in [0.29, 0.717) is 30.0 Å². The molecular weight excluding hydrogens is 285 g/mol. The first kappa shape index (κ1) is 15.5. The third-order valence-corrected chi connectivity index (χ3v) is 3.75. The predicted octanol–water partition coefficient (Wildman–Crippen LogP) is 2.83. The molecule has 0 amide bonds. The van der Waals surface area contributed by atoms with Crippen LogP contribution in [-0.2, 0) is 4.74 Å². The van der Waals surface area contributed by atoms with Gasteiger partial charge >= 0.3 is 12.1 Å². The molecule has 1 heterocycles. The number of esters is 1. The van der Waals surface area contributed by atoms with E-state index < -0.39 is 18.1 Å². The lowest BCUT2D eigenvalue weighted by Crippen LogP contribution is -2.39. The van der Waals surface area contributed by atoms with Gasteiger partial charge in [0.15, 0.2) is 0 Å². The number of alkyl halides is 3. The Hall–Kier alpha value is -1.92. The number of benzene rings is 1. The van der Waals surface area contributed by atoms with Crippen LogP contribution < -0.4 is 10.6 Å². The van der Waals surface area contributed by atoms with Gasteiger partial charge < -0.3 is 15.4 Å². The van der Waals surface area contributed by atoms with Crippen LogP contribution in [0, 0.1) is 5.92 Å². The Morgan fingerprint density at radius 1 is 1.33 bits per heavy atom. The lowest BCUT2D eigenvalue weighted by Gasteiger charge is -2.35. The number of nitrogens with two attached hydrogens (primary N) is 1. The van der Waals surface area contributed by atoms with Crippen LogP contribution in [0.2, 0.25) is 0 Å². The quantitative estimate of drug-likeness (QED) is 0.674. The van der Waals surface area contributed by atoms with Gasteiger partial charge in [-0.1, -0.05) is 0 Å². The molecule has 0 radical (unpaired) electrons. The number of nitrogens with zero attached hydrogens (tertiary/aromatic N) is 1. The summed E-state index contributed by atoms with van der Waals surface area (Å²) in [7, 11) is 1.27. The second kappa shape index (κ2) is 5.83. The van der Waals surface area contributed by atoms with Gasteiger partial charge in [-0.05, 0) is 31.0 Å². The Bertz CT molecular complexity index is 523. The summed E-state index contributed by atoms with van der Waals surface area (Å²) < 4.78 is 42.5. The molecule has 1 aliphatic rings. The SMILES string of the molecule is COC(=O)c1ccc(N2CCC(C(F)(F)F)CC2)c(N)c1. The minimum absolute atomic E-state index is 0.0572. The van der Waals surface area contributed by atoms with Gasteiger partial charge in [0.2, 0.25) is 0 Å². The molecule has 1 saturated heterocycles. The van der Waals surface area contributed by atoms with Crippen molar-refractivity contribution in [2.24, 2.45) is 5.92 Å². The van der Waals surface area contributed by atoms with Crippen molar-refractivity contribution >= 4 is 17.3 Å². The van der Waals surface area contributed by atoms with Crippen molar-refractivity contribution in [3.05, 3.63) is 23.8 Å². The van der Waals surface area contributed by atoms with E-state index in [9.17, 15) is 18.0 Å². The number of carbonyl (C=O) groups excluding carboxylic acids is 1. The van der Waals surface area contributed by atoms with Crippen LogP contribution in [0.3, 0.4) is 0 Å². The molecule has 2 N–H and O–H groups in total. The predicted molar refractivity (Wildman–Crippen MR) is 73.2 cm³/mol. The Kier molecular flexibility index (Phi) is 4.29. The molecule has 2 rings (SSSR count). The summed E-state index contributed by atoms with van der Waals surface area (Å²) in [4.78, 5) is 13.2. The number of hydrogen-bond acceptors (Lipinski definition) is 4. The molecule has 1 aromatic carbocycles. The van der Waals surface area contributed by atoms with Crippen molar-refractivity contribution in [2.75, 3.05) is 30.8 Å². The van der Waals surface area contributed by atoms with Crippen LogP contribution >= 0.6 is 0 Å². The molecular formula is C14H17F3N2O2. The van der Waals surface area contributed by atoms with Crippen molar-refractivity contribution in [1.29, 1.82) is 0 Å². The van der Waals surface area contributed by atoms with Crippen molar-refractivity contribution in [1.82, 2.24) is 0 Å². The normalized spacial score (nSPS) is 16.9. The molecule has 0 aliphatic carbocycles. The number of halogens is 3. The fraction of sp³-hybridized carbons (Fsp3) is 0.500. The smallest absolute Gasteiger partial charge is 0.391 e. The number of piperidine rings is 1. The lowest BCUT2D eigenvalue weighted by molar-refractivity contribution is -0.179. The van der Waals surface area contributed by atoms with Gasteiger partial charge in [-0.2, -0.15) is 13.2 Å². The van der Waals surface area contributed by atoms with E-state index in [-0.39, 0.29) is 12.8 Å². The van der Waals surface area contributed by atoms with E-state index in [4.69, 9.17) is 5.73 Å². The molecule has 4 nitrogen and oxygen atoms in total. The molecule has 7 heteroatoms. The van der Waals surface area contributed by atoms with Crippen LogP contribution in [0.15, 0.2) is 18.2 Å². The van der Waals surface area contributed by atoms with Crippen LogP contribution in [0.25, 0.3) is 0 Å². The van der Waals surface area contributed by atoms with Gasteiger partial charge in [0.25, 0.3) is 0 Å². The first-order valence-electron chi connectivity index (χ1n) is 6.62. The summed E-state index contributed by atoms with van der Waals surface area (Å²) >= 11 is 0. The third-order valence-electron chi connectivity index (χ3n) is 3.75. The zero-order valence-corrected chi connectivity index (χ0v) is 11.6. The summed E-state index contributed by atoms with van der Waals surface area (Å²) in [5, 5.41) is 0. The Morgan fingerprint density at radius 3 is 2.43 bits per heavy atom. The van der Waals surface area contributed by atoms with Crippen LogP contribution in [0.1, 0.15) is 23.2 Å². The average Bonchev–Trinajstić information content (AvgIpc) is 2.45. The van der Waals surface area contributed by atoms with E-state index in [1.165, 1.54) is 13.2 Å². The maximum atomic E-state index is 12.6. The number of methoxy groups -OCH3 is 1. The van der Waals surface area contributed by atoms with E-state index in [1.54, 1.807) is 12.1 Å². The molecule has 1 fully saturated rings. The first-order chi connectivity index (χ1) is 9.82. The topological polar surface area (TPSA) is 55.6 Å². The van der Waals surface area contributed by atoms with E-state index >= 15 is 0 Å². The Morgan fingerprint density at radius 2 is 1.95 bits per heavy atom. The Labute approximate surface area is 120 Å². The van der Waals surface area contributed by atoms with Crippen molar-refractivity contribution in [3.8, 4) is 0 Å². The maximum absolute atomic E-state index is 12.6. The summed E-state index contributed by atoms with van der Waals surface area (Å²) in [5.41, 5.74) is 7.24. The Balaban J connectivity index is 2.09. The molecule has 0 bridgehead atoms. The molecule has 1 aliphatic heterocycles. The highest BCUT2D eigenvalue weighted by molar-refractivity contribution is 5.91. The van der Waals surface area contributed by atoms with Gasteiger partial charge in [-0.15, -0.1) is 0 Å². The third kappa shape index (κ3) is 3.40. The number of nitrogen functional groups attached to an aromatic ring is 1. The highest BCUT2D eigenvalue weighted by Gasteiger charge is 2.41. The second-order valence-electron chi connectivity index (χ2n) is 5.07. The number of rotatable bonds is 2. The van der Waals surface area contributed by atoms with Gasteiger partial charge in [0.05, 0.1) is 30.0 Å². The van der Waals surface area contributed by atoms with Gasteiger partial charge in [0.1, 0.15) is 0 Å². The van der Waals surface area contributed by atoms with Crippen molar-refractivity contribution in [3.63, 3.8) is 0 Å². The summed E-state index contributed by atoms with van der Waals surface area (Å²) in [5.74, 6) is -1.74. The zero-order valence-electron chi connectivity index (χ0n) is 11.6. The van der Waals surface area contributed by atoms with Gasteiger partial charge in [-0.25, -0.2) is 4.79 Å². The fourth-order valence-electron chi connectivity index (χ4n) is 2.54.